The number of aromatic nitrogens is 1. The van der Waals surface area contributed by atoms with Crippen LogP contribution in [0.4, 0.5) is 0 Å². The Kier molecular flexibility index (Phi) is 5.02. The van der Waals surface area contributed by atoms with Crippen molar-refractivity contribution in [2.24, 2.45) is 11.1 Å². The maximum Gasteiger partial charge on any atom is 0.212 e. The zero-order chi connectivity index (χ0) is 14.5. The van der Waals surface area contributed by atoms with Crippen LogP contribution >= 0.6 is 0 Å². The summed E-state index contributed by atoms with van der Waals surface area (Å²) < 4.78 is 26.1. The van der Waals surface area contributed by atoms with E-state index in [1.165, 1.54) is 0 Å². The molecule has 0 fully saturated rings. The molecule has 0 aromatic carbocycles. The van der Waals surface area contributed by atoms with Gasteiger partial charge in [0.2, 0.25) is 10.0 Å². The molecule has 0 saturated heterocycles. The highest BCUT2D eigenvalue weighted by Gasteiger charge is 2.24. The van der Waals surface area contributed by atoms with Crippen LogP contribution in [-0.2, 0) is 16.4 Å². The number of hydrogen-bond donors (Lipinski definition) is 3. The molecule has 0 aliphatic heterocycles. The zero-order valence-corrected chi connectivity index (χ0v) is 12.0. The van der Waals surface area contributed by atoms with Gasteiger partial charge in [0.05, 0.1) is 11.6 Å². The van der Waals surface area contributed by atoms with Crippen molar-refractivity contribution in [3.05, 3.63) is 30.1 Å². The van der Waals surface area contributed by atoms with Crippen molar-refractivity contribution in [3.63, 3.8) is 0 Å². The van der Waals surface area contributed by atoms with Gasteiger partial charge in [-0.3, -0.25) is 10.4 Å². The zero-order valence-electron chi connectivity index (χ0n) is 11.2. The standard InChI is InChI=1S/C12H20N4O2S/c1-12(2,11(13)14)9-16-19(17,18)8-6-10-5-3-4-7-15-10/h3-5,7,16H,6,8-9H2,1-2H3,(H3,13,14). The molecule has 0 radical (unpaired) electrons. The molecule has 4 N–H and O–H groups in total. The van der Waals surface area contributed by atoms with Crippen LogP contribution in [0.5, 0.6) is 0 Å². The molecule has 0 aliphatic carbocycles. The topological polar surface area (TPSA) is 109 Å². The van der Waals surface area contributed by atoms with E-state index in [4.69, 9.17) is 11.1 Å². The Morgan fingerprint density at radius 3 is 2.68 bits per heavy atom. The van der Waals surface area contributed by atoms with Crippen molar-refractivity contribution >= 4 is 15.9 Å². The number of aryl methyl sites for hydroxylation is 1. The number of nitrogens with one attached hydrogen (secondary N) is 2. The first-order valence-corrected chi connectivity index (χ1v) is 7.60. The molecule has 0 saturated carbocycles. The summed E-state index contributed by atoms with van der Waals surface area (Å²) in [6.45, 7) is 3.56. The summed E-state index contributed by atoms with van der Waals surface area (Å²) in [5.74, 6) is -0.0715. The van der Waals surface area contributed by atoms with E-state index in [9.17, 15) is 8.42 Å². The van der Waals surface area contributed by atoms with E-state index in [0.717, 1.165) is 5.69 Å². The van der Waals surface area contributed by atoms with Crippen LogP contribution in [0, 0.1) is 10.8 Å². The maximum atomic E-state index is 11.8. The van der Waals surface area contributed by atoms with Gasteiger partial charge in [0.15, 0.2) is 0 Å². The molecule has 1 aromatic rings. The second kappa shape index (κ2) is 6.12. The smallest absolute Gasteiger partial charge is 0.212 e. The van der Waals surface area contributed by atoms with Gasteiger partial charge in [-0.1, -0.05) is 19.9 Å². The molecule has 0 unspecified atom stereocenters. The number of pyridine rings is 1. The Balaban J connectivity index is 2.51. The number of sulfonamides is 1. The minimum atomic E-state index is -3.39. The maximum absolute atomic E-state index is 11.8. The summed E-state index contributed by atoms with van der Waals surface area (Å²) in [5, 5.41) is 7.37. The minimum absolute atomic E-state index is 0.0298. The van der Waals surface area contributed by atoms with E-state index in [2.05, 4.69) is 9.71 Å². The number of rotatable bonds is 7. The highest BCUT2D eigenvalue weighted by atomic mass is 32.2. The molecular formula is C12H20N4O2S. The summed E-state index contributed by atoms with van der Waals surface area (Å²) in [4.78, 5) is 4.07. The van der Waals surface area contributed by atoms with Crippen LogP contribution in [0.15, 0.2) is 24.4 Å². The normalized spacial score (nSPS) is 12.3. The fraction of sp³-hybridized carbons (Fsp3) is 0.500. The van der Waals surface area contributed by atoms with Crippen LogP contribution in [0.1, 0.15) is 19.5 Å². The van der Waals surface area contributed by atoms with Crippen molar-refractivity contribution in [1.29, 1.82) is 5.41 Å². The Labute approximate surface area is 114 Å². The van der Waals surface area contributed by atoms with Crippen molar-refractivity contribution in [2.75, 3.05) is 12.3 Å². The lowest BCUT2D eigenvalue weighted by atomic mass is 9.93. The Bertz CT molecular complexity index is 526. The SMILES string of the molecule is CC(C)(CNS(=O)(=O)CCc1ccccn1)C(=N)N. The molecule has 106 valence electrons. The Morgan fingerprint density at radius 1 is 1.47 bits per heavy atom. The molecule has 1 rings (SSSR count). The Hall–Kier alpha value is -1.47. The quantitative estimate of drug-likeness (QED) is 0.500. The van der Waals surface area contributed by atoms with Gasteiger partial charge in [-0.2, -0.15) is 0 Å². The average molecular weight is 284 g/mol. The summed E-state index contributed by atoms with van der Waals surface area (Å²) in [6.07, 6.45) is 1.99. The molecule has 0 aliphatic rings. The number of amidine groups is 1. The molecule has 1 aromatic heterocycles. The van der Waals surface area contributed by atoms with Gasteiger partial charge in [0.25, 0.3) is 0 Å². The van der Waals surface area contributed by atoms with Crippen LogP contribution in [0.2, 0.25) is 0 Å². The van der Waals surface area contributed by atoms with Crippen LogP contribution < -0.4 is 10.5 Å². The second-order valence-electron chi connectivity index (χ2n) is 5.01. The van der Waals surface area contributed by atoms with Crippen LogP contribution in [0.25, 0.3) is 0 Å². The highest BCUT2D eigenvalue weighted by Crippen LogP contribution is 2.12. The van der Waals surface area contributed by atoms with Gasteiger partial charge in [0, 0.05) is 30.3 Å². The molecule has 6 nitrogen and oxygen atoms in total. The van der Waals surface area contributed by atoms with E-state index >= 15 is 0 Å². The molecule has 19 heavy (non-hydrogen) atoms. The lowest BCUT2D eigenvalue weighted by Crippen LogP contribution is -2.42. The molecule has 0 atom stereocenters. The number of nitrogens with two attached hydrogens (primary N) is 1. The fourth-order valence-corrected chi connectivity index (χ4v) is 2.45. The summed E-state index contributed by atoms with van der Waals surface area (Å²) in [6, 6.07) is 5.39. The molecule has 0 spiro atoms. The van der Waals surface area contributed by atoms with Crippen LogP contribution in [0.3, 0.4) is 0 Å². The third-order valence-corrected chi connectivity index (χ3v) is 4.14. The minimum Gasteiger partial charge on any atom is -0.387 e. The van der Waals surface area contributed by atoms with Crippen molar-refractivity contribution in [1.82, 2.24) is 9.71 Å². The first kappa shape index (κ1) is 15.6. The van der Waals surface area contributed by atoms with E-state index in [1.807, 2.05) is 6.07 Å². The first-order chi connectivity index (χ1) is 8.73. The largest absolute Gasteiger partial charge is 0.387 e. The Morgan fingerprint density at radius 2 is 2.16 bits per heavy atom. The first-order valence-electron chi connectivity index (χ1n) is 5.95. The van der Waals surface area contributed by atoms with Crippen molar-refractivity contribution < 1.29 is 8.42 Å². The van der Waals surface area contributed by atoms with Gasteiger partial charge < -0.3 is 5.73 Å². The fourth-order valence-electron chi connectivity index (χ4n) is 1.24. The highest BCUT2D eigenvalue weighted by molar-refractivity contribution is 7.89. The van der Waals surface area contributed by atoms with Crippen molar-refractivity contribution in [3.8, 4) is 0 Å². The third-order valence-electron chi connectivity index (χ3n) is 2.82. The van der Waals surface area contributed by atoms with E-state index < -0.39 is 15.4 Å². The summed E-state index contributed by atoms with van der Waals surface area (Å²) in [7, 11) is -3.39. The van der Waals surface area contributed by atoms with Gasteiger partial charge >= 0.3 is 0 Å². The van der Waals surface area contributed by atoms with Gasteiger partial charge in [0.1, 0.15) is 0 Å². The lowest BCUT2D eigenvalue weighted by molar-refractivity contribution is 0.493. The van der Waals surface area contributed by atoms with Crippen molar-refractivity contribution in [2.45, 2.75) is 20.3 Å². The summed E-state index contributed by atoms with van der Waals surface area (Å²) in [5.41, 5.74) is 5.46. The van der Waals surface area contributed by atoms with E-state index in [0.29, 0.717) is 6.42 Å². The second-order valence-corrected chi connectivity index (χ2v) is 6.94. The number of nitrogens with zero attached hydrogens (tertiary/aromatic N) is 1. The average Bonchev–Trinajstić information content (AvgIpc) is 2.36. The molecule has 1 heterocycles. The molecule has 0 bridgehead atoms. The molecule has 0 amide bonds. The van der Waals surface area contributed by atoms with Gasteiger partial charge in [-0.05, 0) is 12.1 Å². The lowest BCUT2D eigenvalue weighted by Gasteiger charge is -2.23. The summed E-state index contributed by atoms with van der Waals surface area (Å²) >= 11 is 0. The van der Waals surface area contributed by atoms with Crippen LogP contribution in [-0.4, -0.2) is 31.5 Å². The number of hydrogen-bond acceptors (Lipinski definition) is 4. The van der Waals surface area contributed by atoms with Gasteiger partial charge in [-0.15, -0.1) is 0 Å². The predicted molar refractivity (Wildman–Crippen MR) is 75.4 cm³/mol. The molecular weight excluding hydrogens is 264 g/mol. The monoisotopic (exact) mass is 284 g/mol. The predicted octanol–water partition coefficient (Wildman–Crippen LogP) is 0.506. The third kappa shape index (κ3) is 5.35. The van der Waals surface area contributed by atoms with E-state index in [-0.39, 0.29) is 18.1 Å². The molecule has 7 heteroatoms. The van der Waals surface area contributed by atoms with E-state index in [1.54, 1.807) is 32.2 Å². The van der Waals surface area contributed by atoms with Gasteiger partial charge in [-0.25, -0.2) is 13.1 Å².